The molecule has 4 rings (SSSR count). The molecule has 1 amide bonds. The number of nitrogens with zero attached hydrogens (tertiary/aromatic N) is 1. The van der Waals surface area contributed by atoms with Gasteiger partial charge >= 0.3 is 12.4 Å². The van der Waals surface area contributed by atoms with E-state index in [1.807, 2.05) is 0 Å². The van der Waals surface area contributed by atoms with E-state index in [1.54, 1.807) is 19.9 Å². The van der Waals surface area contributed by atoms with Gasteiger partial charge in [0.05, 0.1) is 22.1 Å². The summed E-state index contributed by atoms with van der Waals surface area (Å²) in [6.07, 6.45) is -10.3. The van der Waals surface area contributed by atoms with Gasteiger partial charge in [-0.1, -0.05) is 35.4 Å². The molecule has 4 nitrogen and oxygen atoms in total. The van der Waals surface area contributed by atoms with Gasteiger partial charge in [0, 0.05) is 5.56 Å². The second-order valence-electron chi connectivity index (χ2n) is 8.71. The van der Waals surface area contributed by atoms with Gasteiger partial charge < -0.3 is 0 Å². The van der Waals surface area contributed by atoms with E-state index in [0.717, 1.165) is 0 Å². The molecule has 11 heteroatoms. The molecule has 1 aliphatic heterocycles. The third kappa shape index (κ3) is 4.36. The Kier molecular flexibility index (Phi) is 5.98. The Morgan fingerprint density at radius 3 is 1.78 bits per heavy atom. The molecule has 0 N–H and O–H groups in total. The average molecular weight is 527 g/mol. The molecule has 1 atom stereocenters. The average Bonchev–Trinajstić information content (AvgIpc) is 3.05. The first-order chi connectivity index (χ1) is 16.5. The molecule has 3 aromatic rings. The summed E-state index contributed by atoms with van der Waals surface area (Å²) in [5.41, 5.74) is -2.28. The lowest BCUT2D eigenvalue weighted by molar-refractivity contribution is -0.143. The minimum Gasteiger partial charge on any atom is -0.268 e. The van der Waals surface area contributed by atoms with Crippen LogP contribution in [0.3, 0.4) is 0 Å². The lowest BCUT2D eigenvalue weighted by Crippen LogP contribution is -2.35. The normalized spacial score (nSPS) is 16.4. The number of halogens is 6. The van der Waals surface area contributed by atoms with Gasteiger partial charge in [0.25, 0.3) is 15.9 Å². The van der Waals surface area contributed by atoms with Crippen LogP contribution in [0.1, 0.15) is 55.3 Å². The molecule has 0 saturated carbocycles. The first-order valence-electron chi connectivity index (χ1n) is 10.6. The summed E-state index contributed by atoms with van der Waals surface area (Å²) in [6.45, 7) is 4.85. The molecule has 0 aliphatic carbocycles. The molecule has 0 spiro atoms. The number of benzene rings is 3. The predicted octanol–water partition coefficient (Wildman–Crippen LogP) is 6.58. The van der Waals surface area contributed by atoms with Crippen molar-refractivity contribution in [1.29, 1.82) is 0 Å². The van der Waals surface area contributed by atoms with Gasteiger partial charge in [-0.2, -0.15) is 26.3 Å². The van der Waals surface area contributed by atoms with Crippen molar-refractivity contribution in [1.82, 2.24) is 4.31 Å². The molecule has 190 valence electrons. The molecule has 1 heterocycles. The molecule has 3 aromatic carbocycles. The van der Waals surface area contributed by atoms with Crippen molar-refractivity contribution in [3.63, 3.8) is 0 Å². The number of alkyl halides is 6. The SMILES string of the molecule is Cc1ccc(S(=O)(=O)N2C(=O)c3c(C)cc(C)cc3C2c2cc(C(F)(F)F)cc(C(F)(F)F)c2)cc1. The second kappa shape index (κ2) is 8.36. The van der Waals surface area contributed by atoms with Crippen molar-refractivity contribution in [2.75, 3.05) is 0 Å². The van der Waals surface area contributed by atoms with Crippen LogP contribution >= 0.6 is 0 Å². The Morgan fingerprint density at radius 1 is 0.750 bits per heavy atom. The van der Waals surface area contributed by atoms with Crippen molar-refractivity contribution in [2.24, 2.45) is 0 Å². The number of sulfonamides is 1. The Morgan fingerprint density at radius 2 is 1.28 bits per heavy atom. The monoisotopic (exact) mass is 527 g/mol. The Hall–Kier alpha value is -3.34. The molecule has 0 saturated heterocycles. The van der Waals surface area contributed by atoms with Crippen LogP contribution in [0.5, 0.6) is 0 Å². The van der Waals surface area contributed by atoms with Crippen LogP contribution in [0.4, 0.5) is 26.3 Å². The fraction of sp³-hybridized carbons (Fsp3) is 0.240. The number of rotatable bonds is 3. The Labute approximate surface area is 203 Å². The fourth-order valence-corrected chi connectivity index (χ4v) is 5.92. The molecule has 1 unspecified atom stereocenters. The molecule has 36 heavy (non-hydrogen) atoms. The van der Waals surface area contributed by atoms with Crippen LogP contribution < -0.4 is 0 Å². The highest BCUT2D eigenvalue weighted by atomic mass is 32.2. The van der Waals surface area contributed by atoms with Gasteiger partial charge in [-0.25, -0.2) is 12.7 Å². The summed E-state index contributed by atoms with van der Waals surface area (Å²) < 4.78 is 109. The number of amides is 1. The summed E-state index contributed by atoms with van der Waals surface area (Å²) in [7, 11) is -4.67. The van der Waals surface area contributed by atoms with Gasteiger partial charge in [0.15, 0.2) is 0 Å². The smallest absolute Gasteiger partial charge is 0.268 e. The van der Waals surface area contributed by atoms with Crippen LogP contribution in [-0.2, 0) is 22.4 Å². The summed E-state index contributed by atoms with van der Waals surface area (Å²) in [6, 6.07) is 7.52. The largest absolute Gasteiger partial charge is 0.416 e. The van der Waals surface area contributed by atoms with E-state index in [1.165, 1.54) is 37.3 Å². The van der Waals surface area contributed by atoms with E-state index < -0.39 is 51.0 Å². The third-order valence-corrected chi connectivity index (χ3v) is 7.72. The van der Waals surface area contributed by atoms with E-state index >= 15 is 0 Å². The van der Waals surface area contributed by atoms with Gasteiger partial charge in [-0.05, 0) is 67.8 Å². The highest BCUT2D eigenvalue weighted by Crippen LogP contribution is 2.46. The minimum atomic E-state index is -5.15. The van der Waals surface area contributed by atoms with E-state index in [-0.39, 0.29) is 22.1 Å². The molecule has 0 radical (unpaired) electrons. The first kappa shape index (κ1) is 25.7. The number of fused-ring (bicyclic) bond motifs is 1. The fourth-order valence-electron chi connectivity index (χ4n) is 4.39. The molecule has 1 aliphatic rings. The zero-order valence-electron chi connectivity index (χ0n) is 19.1. The highest BCUT2D eigenvalue weighted by Gasteiger charge is 2.47. The summed E-state index contributed by atoms with van der Waals surface area (Å²) in [5.74, 6) is -1.03. The van der Waals surface area contributed by atoms with Gasteiger partial charge in [-0.15, -0.1) is 0 Å². The van der Waals surface area contributed by atoms with Crippen molar-refractivity contribution < 1.29 is 39.6 Å². The quantitative estimate of drug-likeness (QED) is 0.362. The Balaban J connectivity index is 2.05. The maximum atomic E-state index is 13.6. The highest BCUT2D eigenvalue weighted by molar-refractivity contribution is 7.89. The lowest BCUT2D eigenvalue weighted by atomic mass is 9.92. The number of carbonyl (C=O) groups excluding carboxylic acids is 1. The zero-order valence-corrected chi connectivity index (χ0v) is 19.9. The van der Waals surface area contributed by atoms with E-state index in [9.17, 15) is 39.6 Å². The van der Waals surface area contributed by atoms with Gasteiger partial charge in [0.1, 0.15) is 0 Å². The van der Waals surface area contributed by atoms with E-state index in [2.05, 4.69) is 0 Å². The lowest BCUT2D eigenvalue weighted by Gasteiger charge is -2.27. The third-order valence-electron chi connectivity index (χ3n) is 5.96. The molecular weight excluding hydrogens is 508 g/mol. The standard InChI is InChI=1S/C25H19F6NO3S/c1-13-4-6-19(7-5-13)36(34,35)32-22(20-9-14(2)8-15(3)21(20)23(32)33)16-10-17(24(26,27)28)12-18(11-16)25(29,30)31/h4-12,22H,1-3H3. The molecule has 0 aromatic heterocycles. The molecular formula is C25H19F6NO3S. The maximum absolute atomic E-state index is 13.6. The first-order valence-corrected chi connectivity index (χ1v) is 12.0. The van der Waals surface area contributed by atoms with Crippen LogP contribution in [0.2, 0.25) is 0 Å². The molecule has 0 fully saturated rings. The van der Waals surface area contributed by atoms with Gasteiger partial charge in [-0.3, -0.25) is 4.79 Å². The summed E-state index contributed by atoms with van der Waals surface area (Å²) >= 11 is 0. The maximum Gasteiger partial charge on any atom is 0.416 e. The number of hydrogen-bond donors (Lipinski definition) is 0. The van der Waals surface area contributed by atoms with Crippen molar-refractivity contribution >= 4 is 15.9 Å². The van der Waals surface area contributed by atoms with E-state index in [0.29, 0.717) is 33.1 Å². The number of hydrogen-bond acceptors (Lipinski definition) is 3. The van der Waals surface area contributed by atoms with Crippen LogP contribution in [0.15, 0.2) is 59.5 Å². The second-order valence-corrected chi connectivity index (χ2v) is 10.5. The van der Waals surface area contributed by atoms with Crippen molar-refractivity contribution in [3.05, 3.63) is 99.1 Å². The topological polar surface area (TPSA) is 54.5 Å². The van der Waals surface area contributed by atoms with E-state index in [4.69, 9.17) is 0 Å². The van der Waals surface area contributed by atoms with Crippen molar-refractivity contribution in [3.8, 4) is 0 Å². The van der Waals surface area contributed by atoms with Crippen LogP contribution in [-0.4, -0.2) is 18.6 Å². The number of aryl methyl sites for hydroxylation is 3. The molecule has 0 bridgehead atoms. The zero-order chi connectivity index (χ0) is 26.8. The van der Waals surface area contributed by atoms with Gasteiger partial charge in [0.2, 0.25) is 0 Å². The summed E-state index contributed by atoms with van der Waals surface area (Å²) in [5, 5.41) is 0. The number of carbonyl (C=O) groups is 1. The predicted molar refractivity (Wildman–Crippen MR) is 119 cm³/mol. The Bertz CT molecular complexity index is 1440. The van der Waals surface area contributed by atoms with Crippen LogP contribution in [0.25, 0.3) is 0 Å². The van der Waals surface area contributed by atoms with Crippen LogP contribution in [0, 0.1) is 20.8 Å². The van der Waals surface area contributed by atoms with Crippen molar-refractivity contribution in [2.45, 2.75) is 44.1 Å². The summed E-state index contributed by atoms with van der Waals surface area (Å²) in [4.78, 5) is 13.1. The minimum absolute atomic E-state index is 0.0145.